The first-order chi connectivity index (χ1) is 6.10. The second-order valence-corrected chi connectivity index (χ2v) is 3.21. The number of nitrogens with two attached hydrogens (primary N) is 1. The molecule has 0 saturated carbocycles. The molecule has 3 N–H and O–H groups in total. The highest BCUT2D eigenvalue weighted by atomic mass is 16.5. The van der Waals surface area contributed by atoms with E-state index >= 15 is 0 Å². The molecule has 0 saturated heterocycles. The third kappa shape index (κ3) is 2.20. The van der Waals surface area contributed by atoms with Gasteiger partial charge in [-0.3, -0.25) is 0 Å². The summed E-state index contributed by atoms with van der Waals surface area (Å²) < 4.78 is 5.00. The first-order valence-corrected chi connectivity index (χ1v) is 4.17. The quantitative estimate of drug-likeness (QED) is 0.727. The number of rotatable bonds is 3. The zero-order valence-electron chi connectivity index (χ0n) is 7.95. The number of hydrogen-bond acceptors (Lipinski definition) is 3. The molecule has 0 aliphatic rings. The van der Waals surface area contributed by atoms with Crippen LogP contribution in [-0.4, -0.2) is 18.8 Å². The van der Waals surface area contributed by atoms with Crippen LogP contribution in [-0.2, 0) is 5.60 Å². The van der Waals surface area contributed by atoms with Gasteiger partial charge in [-0.15, -0.1) is 0 Å². The van der Waals surface area contributed by atoms with Crippen LogP contribution in [0.2, 0.25) is 0 Å². The molecule has 0 bridgehead atoms. The van der Waals surface area contributed by atoms with Crippen molar-refractivity contribution in [3.63, 3.8) is 0 Å². The first-order valence-electron chi connectivity index (χ1n) is 4.17. The van der Waals surface area contributed by atoms with Crippen molar-refractivity contribution in [1.82, 2.24) is 0 Å². The fourth-order valence-electron chi connectivity index (χ4n) is 1.07. The highest BCUT2D eigenvalue weighted by Gasteiger charge is 2.20. The molecule has 0 heterocycles. The fraction of sp³-hybridized carbons (Fsp3) is 0.400. The van der Waals surface area contributed by atoms with Gasteiger partial charge in [-0.05, 0) is 24.6 Å². The number of benzene rings is 1. The van der Waals surface area contributed by atoms with E-state index in [1.165, 1.54) is 0 Å². The molecule has 1 aromatic rings. The van der Waals surface area contributed by atoms with Gasteiger partial charge in [0.25, 0.3) is 0 Å². The Morgan fingerprint density at radius 2 is 1.92 bits per heavy atom. The first kappa shape index (κ1) is 10.0. The Labute approximate surface area is 78.1 Å². The average molecular weight is 181 g/mol. The van der Waals surface area contributed by atoms with Crippen LogP contribution < -0.4 is 10.5 Å². The largest absolute Gasteiger partial charge is 0.497 e. The lowest BCUT2D eigenvalue weighted by Gasteiger charge is -2.21. The van der Waals surface area contributed by atoms with E-state index in [9.17, 15) is 5.11 Å². The highest BCUT2D eigenvalue weighted by molar-refractivity contribution is 5.30. The molecule has 0 unspecified atom stereocenters. The second-order valence-electron chi connectivity index (χ2n) is 3.21. The van der Waals surface area contributed by atoms with Crippen molar-refractivity contribution in [2.45, 2.75) is 12.5 Å². The molecule has 0 aromatic heterocycles. The minimum atomic E-state index is -0.952. The standard InChI is InChI=1S/C10H15NO2/c1-10(12,7-11)8-3-5-9(13-2)6-4-8/h3-6,12H,7,11H2,1-2H3/t10-/m0/s1. The zero-order chi connectivity index (χ0) is 9.90. The second kappa shape index (κ2) is 3.77. The molecule has 72 valence electrons. The molecule has 0 amide bonds. The van der Waals surface area contributed by atoms with Gasteiger partial charge in [0.05, 0.1) is 12.7 Å². The molecule has 0 spiro atoms. The Morgan fingerprint density at radius 1 is 1.38 bits per heavy atom. The van der Waals surface area contributed by atoms with Crippen LogP contribution in [0.3, 0.4) is 0 Å². The van der Waals surface area contributed by atoms with Crippen LogP contribution in [0.15, 0.2) is 24.3 Å². The van der Waals surface area contributed by atoms with E-state index in [1.54, 1.807) is 26.2 Å². The van der Waals surface area contributed by atoms with Crippen LogP contribution in [0.4, 0.5) is 0 Å². The van der Waals surface area contributed by atoms with Gasteiger partial charge in [0.1, 0.15) is 5.75 Å². The van der Waals surface area contributed by atoms with Gasteiger partial charge in [0.15, 0.2) is 0 Å². The van der Waals surface area contributed by atoms with E-state index in [0.717, 1.165) is 11.3 Å². The predicted octanol–water partition coefficient (Wildman–Crippen LogP) is 0.861. The summed E-state index contributed by atoms with van der Waals surface area (Å²) in [5.74, 6) is 0.775. The molecule has 3 nitrogen and oxygen atoms in total. The fourth-order valence-corrected chi connectivity index (χ4v) is 1.07. The van der Waals surface area contributed by atoms with Crippen molar-refractivity contribution >= 4 is 0 Å². The highest BCUT2D eigenvalue weighted by Crippen LogP contribution is 2.21. The van der Waals surface area contributed by atoms with Crippen LogP contribution >= 0.6 is 0 Å². The Hall–Kier alpha value is -1.06. The van der Waals surface area contributed by atoms with Crippen LogP contribution in [0.25, 0.3) is 0 Å². The maximum atomic E-state index is 9.79. The lowest BCUT2D eigenvalue weighted by Crippen LogP contribution is -2.31. The number of methoxy groups -OCH3 is 1. The van der Waals surface area contributed by atoms with Crippen molar-refractivity contribution in [1.29, 1.82) is 0 Å². The monoisotopic (exact) mass is 181 g/mol. The maximum absolute atomic E-state index is 9.79. The van der Waals surface area contributed by atoms with Crippen molar-refractivity contribution in [3.8, 4) is 5.75 Å². The molecule has 0 aliphatic carbocycles. The van der Waals surface area contributed by atoms with Gasteiger partial charge in [0.2, 0.25) is 0 Å². The molecule has 13 heavy (non-hydrogen) atoms. The van der Waals surface area contributed by atoms with Crippen LogP contribution in [0, 0.1) is 0 Å². The number of ether oxygens (including phenoxy) is 1. The summed E-state index contributed by atoms with van der Waals surface area (Å²) in [6, 6.07) is 7.23. The van der Waals surface area contributed by atoms with Gasteiger partial charge < -0.3 is 15.6 Å². The Morgan fingerprint density at radius 3 is 2.31 bits per heavy atom. The summed E-state index contributed by atoms with van der Waals surface area (Å²) in [7, 11) is 1.61. The summed E-state index contributed by atoms with van der Waals surface area (Å²) in [5.41, 5.74) is 5.28. The minimum Gasteiger partial charge on any atom is -0.497 e. The topological polar surface area (TPSA) is 55.5 Å². The summed E-state index contributed by atoms with van der Waals surface area (Å²) in [4.78, 5) is 0. The molecule has 1 atom stereocenters. The Bertz CT molecular complexity index is 267. The predicted molar refractivity (Wildman–Crippen MR) is 51.6 cm³/mol. The van der Waals surface area contributed by atoms with E-state index in [0.29, 0.717) is 0 Å². The third-order valence-electron chi connectivity index (χ3n) is 2.11. The number of aliphatic hydroxyl groups is 1. The third-order valence-corrected chi connectivity index (χ3v) is 2.11. The molecule has 0 radical (unpaired) electrons. The Balaban J connectivity index is 2.92. The minimum absolute atomic E-state index is 0.208. The molecule has 3 heteroatoms. The summed E-state index contributed by atoms with van der Waals surface area (Å²) in [6.07, 6.45) is 0. The molecular weight excluding hydrogens is 166 g/mol. The molecule has 1 rings (SSSR count). The summed E-state index contributed by atoms with van der Waals surface area (Å²) in [5, 5.41) is 9.79. The number of hydrogen-bond donors (Lipinski definition) is 2. The SMILES string of the molecule is COc1ccc([C@@](C)(O)CN)cc1. The zero-order valence-corrected chi connectivity index (χ0v) is 7.95. The van der Waals surface area contributed by atoms with Gasteiger partial charge >= 0.3 is 0 Å². The lowest BCUT2D eigenvalue weighted by molar-refractivity contribution is 0.0668. The summed E-state index contributed by atoms with van der Waals surface area (Å²) >= 11 is 0. The van der Waals surface area contributed by atoms with Crippen LogP contribution in [0.1, 0.15) is 12.5 Å². The molecule has 0 aliphatic heterocycles. The molecular formula is C10H15NO2. The van der Waals surface area contributed by atoms with E-state index in [1.807, 2.05) is 12.1 Å². The average Bonchev–Trinajstić information content (AvgIpc) is 2.18. The van der Waals surface area contributed by atoms with Crippen molar-refractivity contribution < 1.29 is 9.84 Å². The van der Waals surface area contributed by atoms with Crippen molar-refractivity contribution in [2.24, 2.45) is 5.73 Å². The van der Waals surface area contributed by atoms with Gasteiger partial charge in [-0.2, -0.15) is 0 Å². The lowest BCUT2D eigenvalue weighted by atomic mass is 9.96. The molecule has 0 fully saturated rings. The summed E-state index contributed by atoms with van der Waals surface area (Å²) in [6.45, 7) is 1.90. The van der Waals surface area contributed by atoms with E-state index in [4.69, 9.17) is 10.5 Å². The van der Waals surface area contributed by atoms with Crippen molar-refractivity contribution in [3.05, 3.63) is 29.8 Å². The van der Waals surface area contributed by atoms with Gasteiger partial charge in [-0.1, -0.05) is 12.1 Å². The Kier molecular flexibility index (Phi) is 2.90. The van der Waals surface area contributed by atoms with Gasteiger partial charge in [-0.25, -0.2) is 0 Å². The van der Waals surface area contributed by atoms with Gasteiger partial charge in [0, 0.05) is 6.54 Å². The van der Waals surface area contributed by atoms with E-state index < -0.39 is 5.60 Å². The maximum Gasteiger partial charge on any atom is 0.118 e. The van der Waals surface area contributed by atoms with E-state index in [-0.39, 0.29) is 6.54 Å². The molecule has 1 aromatic carbocycles. The van der Waals surface area contributed by atoms with E-state index in [2.05, 4.69) is 0 Å². The smallest absolute Gasteiger partial charge is 0.118 e. The normalized spacial score (nSPS) is 15.1. The van der Waals surface area contributed by atoms with Crippen LogP contribution in [0.5, 0.6) is 5.75 Å². The van der Waals surface area contributed by atoms with Crippen molar-refractivity contribution in [2.75, 3.05) is 13.7 Å².